The molecule has 0 radical (unpaired) electrons. The van der Waals surface area contributed by atoms with Crippen molar-refractivity contribution in [3.63, 3.8) is 0 Å². The van der Waals surface area contributed by atoms with Crippen molar-refractivity contribution in [2.24, 2.45) is 0 Å². The molecule has 2 aromatic rings. The number of amides is 1. The van der Waals surface area contributed by atoms with E-state index < -0.39 is 0 Å². The third-order valence-electron chi connectivity index (χ3n) is 2.29. The number of thioether (sulfide) groups is 1. The predicted octanol–water partition coefficient (Wildman–Crippen LogP) is 3.66. The monoisotopic (exact) mass is 327 g/mol. The number of aromatic nitrogens is 2. The van der Waals surface area contributed by atoms with Crippen LogP contribution in [0.2, 0.25) is 10.0 Å². The Hall–Kier alpha value is -1.30. The van der Waals surface area contributed by atoms with Gasteiger partial charge in [-0.1, -0.05) is 29.3 Å². The van der Waals surface area contributed by atoms with Gasteiger partial charge < -0.3 is 5.32 Å². The van der Waals surface area contributed by atoms with Crippen LogP contribution in [-0.4, -0.2) is 21.6 Å². The van der Waals surface area contributed by atoms with Gasteiger partial charge in [-0.05, 0) is 18.2 Å². The Labute approximate surface area is 130 Å². The first kappa shape index (κ1) is 15.1. The van der Waals surface area contributed by atoms with E-state index in [9.17, 15) is 4.79 Å². The molecule has 0 saturated carbocycles. The number of carbonyl (C=O) groups is 1. The number of pyridine rings is 2. The molecular formula is C13H11Cl2N3OS. The highest BCUT2D eigenvalue weighted by atomic mass is 35.5. The lowest BCUT2D eigenvalue weighted by Crippen LogP contribution is -2.15. The van der Waals surface area contributed by atoms with Gasteiger partial charge in [-0.25, -0.2) is 4.98 Å². The van der Waals surface area contributed by atoms with E-state index in [1.807, 2.05) is 6.07 Å². The van der Waals surface area contributed by atoms with Gasteiger partial charge >= 0.3 is 0 Å². The molecule has 2 aromatic heterocycles. The second kappa shape index (κ2) is 7.47. The number of anilines is 1. The maximum Gasteiger partial charge on any atom is 0.235 e. The van der Waals surface area contributed by atoms with Gasteiger partial charge in [0.1, 0.15) is 5.82 Å². The summed E-state index contributed by atoms with van der Waals surface area (Å²) in [5.74, 6) is 1.28. The second-order valence-corrected chi connectivity index (χ2v) is 5.67. The number of halogens is 2. The minimum Gasteiger partial charge on any atom is -0.310 e. The number of rotatable bonds is 5. The summed E-state index contributed by atoms with van der Waals surface area (Å²) in [4.78, 5) is 19.8. The lowest BCUT2D eigenvalue weighted by molar-refractivity contribution is -0.113. The maximum atomic E-state index is 11.7. The average Bonchev–Trinajstić information content (AvgIpc) is 2.42. The first-order valence-electron chi connectivity index (χ1n) is 5.73. The lowest BCUT2D eigenvalue weighted by Gasteiger charge is -2.05. The van der Waals surface area contributed by atoms with Crippen LogP contribution in [-0.2, 0) is 10.5 Å². The quantitative estimate of drug-likeness (QED) is 0.910. The van der Waals surface area contributed by atoms with E-state index in [2.05, 4.69) is 15.3 Å². The topological polar surface area (TPSA) is 54.9 Å². The van der Waals surface area contributed by atoms with Gasteiger partial charge in [-0.2, -0.15) is 0 Å². The third-order valence-corrected chi connectivity index (χ3v) is 3.77. The molecule has 0 fully saturated rings. The third kappa shape index (κ3) is 4.67. The van der Waals surface area contributed by atoms with Crippen LogP contribution in [0.25, 0.3) is 0 Å². The Morgan fingerprint density at radius 3 is 2.85 bits per heavy atom. The summed E-state index contributed by atoms with van der Waals surface area (Å²) in [5.41, 5.74) is 0.715. The fraction of sp³-hybridized carbons (Fsp3) is 0.154. The average molecular weight is 328 g/mol. The maximum absolute atomic E-state index is 11.7. The molecule has 0 aliphatic heterocycles. The highest BCUT2D eigenvalue weighted by Gasteiger charge is 2.06. The molecule has 0 saturated heterocycles. The van der Waals surface area contributed by atoms with Crippen molar-refractivity contribution in [3.8, 4) is 0 Å². The van der Waals surface area contributed by atoms with Crippen molar-refractivity contribution in [1.29, 1.82) is 0 Å². The molecular weight excluding hydrogens is 317 g/mol. The summed E-state index contributed by atoms with van der Waals surface area (Å²) < 4.78 is 0. The summed E-state index contributed by atoms with van der Waals surface area (Å²) in [6.07, 6.45) is 3.16. The van der Waals surface area contributed by atoms with Crippen LogP contribution in [0.15, 0.2) is 36.7 Å². The van der Waals surface area contributed by atoms with Gasteiger partial charge in [0, 0.05) is 18.1 Å². The number of carbonyl (C=O) groups excluding carboxylic acids is 1. The van der Waals surface area contributed by atoms with Crippen molar-refractivity contribution in [2.75, 3.05) is 11.1 Å². The van der Waals surface area contributed by atoms with Crippen molar-refractivity contribution in [3.05, 3.63) is 52.4 Å². The predicted molar refractivity (Wildman–Crippen MR) is 83.3 cm³/mol. The van der Waals surface area contributed by atoms with Crippen LogP contribution in [0, 0.1) is 0 Å². The Balaban J connectivity index is 1.79. The van der Waals surface area contributed by atoms with Crippen LogP contribution >= 0.6 is 35.0 Å². The zero-order chi connectivity index (χ0) is 14.4. The van der Waals surface area contributed by atoms with Gasteiger partial charge in [-0.3, -0.25) is 9.78 Å². The smallest absolute Gasteiger partial charge is 0.235 e. The molecule has 4 nitrogen and oxygen atoms in total. The van der Waals surface area contributed by atoms with Crippen molar-refractivity contribution in [1.82, 2.24) is 9.97 Å². The normalized spacial score (nSPS) is 10.3. The van der Waals surface area contributed by atoms with Crippen LogP contribution in [0.4, 0.5) is 5.82 Å². The molecule has 0 aromatic carbocycles. The van der Waals surface area contributed by atoms with Crippen LogP contribution in [0.5, 0.6) is 0 Å². The zero-order valence-corrected chi connectivity index (χ0v) is 12.7. The summed E-state index contributed by atoms with van der Waals surface area (Å²) in [6.45, 7) is 0. The second-order valence-electron chi connectivity index (χ2n) is 3.84. The van der Waals surface area contributed by atoms with E-state index in [-0.39, 0.29) is 5.91 Å². The molecule has 2 rings (SSSR count). The molecule has 2 heterocycles. The molecule has 1 amide bonds. The van der Waals surface area contributed by atoms with E-state index in [0.717, 1.165) is 0 Å². The summed E-state index contributed by atoms with van der Waals surface area (Å²) >= 11 is 13.2. The molecule has 0 aliphatic carbocycles. The van der Waals surface area contributed by atoms with E-state index in [1.165, 1.54) is 18.0 Å². The number of nitrogens with zero attached hydrogens (tertiary/aromatic N) is 2. The largest absolute Gasteiger partial charge is 0.310 e. The highest BCUT2D eigenvalue weighted by molar-refractivity contribution is 7.99. The SMILES string of the molecule is O=C(CSCc1ncc(Cl)cc1Cl)Nc1ccccn1. The minimum atomic E-state index is -0.112. The van der Waals surface area contributed by atoms with E-state index in [1.54, 1.807) is 24.4 Å². The molecule has 104 valence electrons. The Bertz CT molecular complexity index is 595. The summed E-state index contributed by atoms with van der Waals surface area (Å²) in [6, 6.07) is 6.98. The van der Waals surface area contributed by atoms with E-state index in [4.69, 9.17) is 23.2 Å². The van der Waals surface area contributed by atoms with Crippen molar-refractivity contribution >= 4 is 46.7 Å². The van der Waals surface area contributed by atoms with Gasteiger partial charge in [0.25, 0.3) is 0 Å². The lowest BCUT2D eigenvalue weighted by atomic mass is 10.4. The molecule has 0 spiro atoms. The zero-order valence-electron chi connectivity index (χ0n) is 10.3. The van der Waals surface area contributed by atoms with E-state index in [0.29, 0.717) is 33.1 Å². The molecule has 20 heavy (non-hydrogen) atoms. The van der Waals surface area contributed by atoms with Crippen molar-refractivity contribution in [2.45, 2.75) is 5.75 Å². The fourth-order valence-corrected chi connectivity index (χ4v) is 2.71. The molecule has 0 unspecified atom stereocenters. The van der Waals surface area contributed by atoms with Crippen LogP contribution in [0.3, 0.4) is 0 Å². The summed E-state index contributed by atoms with van der Waals surface area (Å²) in [5, 5.41) is 3.71. The number of hydrogen-bond acceptors (Lipinski definition) is 4. The Kier molecular flexibility index (Phi) is 5.64. The molecule has 7 heteroatoms. The highest BCUT2D eigenvalue weighted by Crippen LogP contribution is 2.22. The number of hydrogen-bond donors (Lipinski definition) is 1. The van der Waals surface area contributed by atoms with Gasteiger partial charge in [0.2, 0.25) is 5.91 Å². The first-order chi connectivity index (χ1) is 9.65. The van der Waals surface area contributed by atoms with Gasteiger partial charge in [0.15, 0.2) is 0 Å². The van der Waals surface area contributed by atoms with Gasteiger partial charge in [0.05, 0.1) is 21.5 Å². The Morgan fingerprint density at radius 1 is 1.30 bits per heavy atom. The van der Waals surface area contributed by atoms with Crippen molar-refractivity contribution < 1.29 is 4.79 Å². The van der Waals surface area contributed by atoms with Crippen LogP contribution in [0.1, 0.15) is 5.69 Å². The van der Waals surface area contributed by atoms with Crippen LogP contribution < -0.4 is 5.32 Å². The van der Waals surface area contributed by atoms with E-state index >= 15 is 0 Å². The molecule has 0 atom stereocenters. The number of nitrogens with one attached hydrogen (secondary N) is 1. The molecule has 1 N–H and O–H groups in total. The molecule has 0 bridgehead atoms. The standard InChI is InChI=1S/C13H11Cl2N3OS/c14-9-5-10(15)11(17-6-9)7-20-8-13(19)18-12-3-1-2-4-16-12/h1-6H,7-8H2,(H,16,18,19). The fourth-order valence-electron chi connectivity index (χ4n) is 1.41. The van der Waals surface area contributed by atoms with Gasteiger partial charge in [-0.15, -0.1) is 11.8 Å². The summed E-state index contributed by atoms with van der Waals surface area (Å²) in [7, 11) is 0. The molecule has 0 aliphatic rings. The Morgan fingerprint density at radius 2 is 2.15 bits per heavy atom. The minimum absolute atomic E-state index is 0.112. The first-order valence-corrected chi connectivity index (χ1v) is 7.65.